The Bertz CT molecular complexity index is 769. The number of H-pyrrole nitrogens is 1. The number of ether oxygens (including phenoxy) is 1. The van der Waals surface area contributed by atoms with Gasteiger partial charge in [0.25, 0.3) is 0 Å². The Labute approximate surface area is 184 Å². The van der Waals surface area contributed by atoms with Gasteiger partial charge in [0.2, 0.25) is 0 Å². The zero-order chi connectivity index (χ0) is 19.1. The number of guanidine groups is 1. The molecule has 0 amide bonds. The molecule has 0 bridgehead atoms. The maximum absolute atomic E-state index is 9.38. The number of halogens is 1. The minimum atomic E-state index is -0.0228. The fourth-order valence-electron chi connectivity index (χ4n) is 3.84. The van der Waals surface area contributed by atoms with Crippen LogP contribution in [-0.2, 0) is 11.2 Å². The van der Waals surface area contributed by atoms with E-state index in [0.717, 1.165) is 44.9 Å². The molecule has 7 heteroatoms. The van der Waals surface area contributed by atoms with Crippen molar-refractivity contribution in [3.63, 3.8) is 0 Å². The first kappa shape index (κ1) is 23.0. The van der Waals surface area contributed by atoms with Gasteiger partial charge < -0.3 is 25.5 Å². The van der Waals surface area contributed by atoms with Crippen molar-refractivity contribution in [3.8, 4) is 0 Å². The van der Waals surface area contributed by atoms with Crippen LogP contribution in [0.1, 0.15) is 30.9 Å². The first-order valence-corrected chi connectivity index (χ1v) is 9.94. The highest BCUT2D eigenvalue weighted by Gasteiger charge is 2.34. The van der Waals surface area contributed by atoms with Crippen LogP contribution in [0.15, 0.2) is 29.4 Å². The molecule has 1 atom stereocenters. The zero-order valence-electron chi connectivity index (χ0n) is 16.9. The molecule has 4 N–H and O–H groups in total. The number of rotatable bonds is 8. The van der Waals surface area contributed by atoms with Gasteiger partial charge in [0.1, 0.15) is 0 Å². The van der Waals surface area contributed by atoms with Crippen LogP contribution < -0.4 is 10.6 Å². The maximum Gasteiger partial charge on any atom is 0.191 e. The number of nitrogens with zero attached hydrogens (tertiary/aromatic N) is 1. The van der Waals surface area contributed by atoms with Crippen molar-refractivity contribution >= 4 is 40.8 Å². The van der Waals surface area contributed by atoms with Crippen LogP contribution in [0.4, 0.5) is 0 Å². The third-order valence-electron chi connectivity index (χ3n) is 5.43. The standard InChI is InChI=1S/C21H32N4O2.HI/c1-3-22-20(25-14-21(8-11-26)9-12-27-15-21)23-10-7-17-13-24-18-6-4-5-16(2)19(17)18;/h4-6,13,24,26H,3,7-12,14-15H2,1-2H3,(H2,22,23,25);1H. The molecule has 3 rings (SSSR count). The van der Waals surface area contributed by atoms with Crippen LogP contribution in [0.3, 0.4) is 0 Å². The van der Waals surface area contributed by atoms with Crippen LogP contribution in [0.5, 0.6) is 0 Å². The summed E-state index contributed by atoms with van der Waals surface area (Å²) in [7, 11) is 0. The van der Waals surface area contributed by atoms with E-state index in [-0.39, 0.29) is 36.0 Å². The van der Waals surface area contributed by atoms with Gasteiger partial charge in [-0.15, -0.1) is 24.0 Å². The lowest BCUT2D eigenvalue weighted by molar-refractivity contribution is 0.131. The maximum atomic E-state index is 9.38. The van der Waals surface area contributed by atoms with E-state index < -0.39 is 0 Å². The Morgan fingerprint density at radius 2 is 2.21 bits per heavy atom. The number of nitrogens with one attached hydrogen (secondary N) is 3. The lowest BCUT2D eigenvalue weighted by atomic mass is 9.84. The van der Waals surface area contributed by atoms with Crippen molar-refractivity contribution in [2.45, 2.75) is 33.1 Å². The average molecular weight is 500 g/mol. The first-order chi connectivity index (χ1) is 13.2. The van der Waals surface area contributed by atoms with Crippen molar-refractivity contribution in [2.75, 3.05) is 39.5 Å². The monoisotopic (exact) mass is 500 g/mol. The number of hydrogen-bond donors (Lipinski definition) is 4. The number of benzene rings is 1. The predicted octanol–water partition coefficient (Wildman–Crippen LogP) is 2.98. The van der Waals surface area contributed by atoms with Crippen LogP contribution in [0.2, 0.25) is 0 Å². The minimum Gasteiger partial charge on any atom is -0.396 e. The third-order valence-corrected chi connectivity index (χ3v) is 5.43. The Hall–Kier alpha value is -1.32. The molecular weight excluding hydrogens is 467 g/mol. The van der Waals surface area contributed by atoms with Crippen molar-refractivity contribution < 1.29 is 9.84 Å². The minimum absolute atomic E-state index is 0. The molecule has 1 aliphatic heterocycles. The molecule has 156 valence electrons. The Kier molecular flexibility index (Phi) is 9.04. The molecule has 1 aromatic carbocycles. The van der Waals surface area contributed by atoms with Crippen molar-refractivity contribution in [1.82, 2.24) is 15.6 Å². The quantitative estimate of drug-likeness (QED) is 0.255. The Balaban J connectivity index is 0.00000280. The summed E-state index contributed by atoms with van der Waals surface area (Å²) >= 11 is 0. The molecule has 2 aromatic rings. The summed E-state index contributed by atoms with van der Waals surface area (Å²) in [6, 6.07) is 6.36. The van der Waals surface area contributed by atoms with Crippen LogP contribution in [0.25, 0.3) is 10.9 Å². The van der Waals surface area contributed by atoms with Crippen LogP contribution in [0, 0.1) is 12.3 Å². The number of aliphatic hydroxyl groups is 1. The van der Waals surface area contributed by atoms with Gasteiger partial charge in [-0.25, -0.2) is 0 Å². The molecule has 1 aliphatic rings. The summed E-state index contributed by atoms with van der Waals surface area (Å²) in [5, 5.41) is 17.5. The highest BCUT2D eigenvalue weighted by Crippen LogP contribution is 2.32. The van der Waals surface area contributed by atoms with Gasteiger partial charge in [0.15, 0.2) is 5.96 Å². The van der Waals surface area contributed by atoms with E-state index in [2.05, 4.69) is 53.9 Å². The van der Waals surface area contributed by atoms with E-state index in [1.807, 2.05) is 0 Å². The van der Waals surface area contributed by atoms with Crippen molar-refractivity contribution in [1.29, 1.82) is 0 Å². The molecular formula is C21H33IN4O2. The van der Waals surface area contributed by atoms with Gasteiger partial charge in [-0.3, -0.25) is 4.99 Å². The third kappa shape index (κ3) is 5.61. The van der Waals surface area contributed by atoms with Gasteiger partial charge in [-0.1, -0.05) is 12.1 Å². The second kappa shape index (κ2) is 11.0. The number of aromatic nitrogens is 1. The summed E-state index contributed by atoms with van der Waals surface area (Å²) < 4.78 is 5.56. The first-order valence-electron chi connectivity index (χ1n) is 9.94. The molecule has 6 nitrogen and oxygen atoms in total. The van der Waals surface area contributed by atoms with E-state index >= 15 is 0 Å². The number of aliphatic hydroxyl groups excluding tert-OH is 1. The van der Waals surface area contributed by atoms with Crippen LogP contribution in [-0.4, -0.2) is 55.5 Å². The Morgan fingerprint density at radius 3 is 2.93 bits per heavy atom. The van der Waals surface area contributed by atoms with E-state index in [0.29, 0.717) is 13.2 Å². The van der Waals surface area contributed by atoms with E-state index in [4.69, 9.17) is 9.73 Å². The van der Waals surface area contributed by atoms with Crippen molar-refractivity contribution in [3.05, 3.63) is 35.5 Å². The number of aryl methyl sites for hydroxylation is 1. The SMILES string of the molecule is CCNC(=NCC1(CCO)CCOC1)NCCc1c[nH]c2cccc(C)c12.I. The van der Waals surface area contributed by atoms with Gasteiger partial charge in [-0.2, -0.15) is 0 Å². The smallest absolute Gasteiger partial charge is 0.191 e. The molecule has 1 unspecified atom stereocenters. The van der Waals surface area contributed by atoms with Crippen LogP contribution >= 0.6 is 24.0 Å². The second-order valence-corrected chi connectivity index (χ2v) is 7.46. The topological polar surface area (TPSA) is 81.7 Å². The highest BCUT2D eigenvalue weighted by molar-refractivity contribution is 14.0. The van der Waals surface area contributed by atoms with E-state index in [1.54, 1.807) is 0 Å². The van der Waals surface area contributed by atoms with Gasteiger partial charge >= 0.3 is 0 Å². The number of hydrogen-bond acceptors (Lipinski definition) is 3. The van der Waals surface area contributed by atoms with E-state index in [9.17, 15) is 5.11 Å². The summed E-state index contributed by atoms with van der Waals surface area (Å²) in [4.78, 5) is 8.14. The molecule has 0 saturated carbocycles. The fraction of sp³-hybridized carbons (Fsp3) is 0.571. The van der Waals surface area contributed by atoms with Gasteiger partial charge in [0, 0.05) is 48.8 Å². The molecule has 2 heterocycles. The highest BCUT2D eigenvalue weighted by atomic mass is 127. The second-order valence-electron chi connectivity index (χ2n) is 7.46. The lowest BCUT2D eigenvalue weighted by Gasteiger charge is -2.24. The van der Waals surface area contributed by atoms with E-state index in [1.165, 1.54) is 22.0 Å². The number of aliphatic imine (C=N–C) groups is 1. The molecule has 0 spiro atoms. The fourth-order valence-corrected chi connectivity index (χ4v) is 3.84. The van der Waals surface area contributed by atoms with Crippen molar-refractivity contribution in [2.24, 2.45) is 10.4 Å². The molecule has 28 heavy (non-hydrogen) atoms. The average Bonchev–Trinajstić information content (AvgIpc) is 3.29. The zero-order valence-corrected chi connectivity index (χ0v) is 19.2. The molecule has 0 radical (unpaired) electrons. The van der Waals surface area contributed by atoms with Gasteiger partial charge in [-0.05, 0) is 50.3 Å². The summed E-state index contributed by atoms with van der Waals surface area (Å²) in [6.07, 6.45) is 4.74. The number of fused-ring (bicyclic) bond motifs is 1. The number of aromatic amines is 1. The lowest BCUT2D eigenvalue weighted by Crippen LogP contribution is -2.39. The Morgan fingerprint density at radius 1 is 1.36 bits per heavy atom. The molecule has 1 aromatic heterocycles. The predicted molar refractivity (Wildman–Crippen MR) is 126 cm³/mol. The summed E-state index contributed by atoms with van der Waals surface area (Å²) in [5.74, 6) is 0.832. The van der Waals surface area contributed by atoms with Gasteiger partial charge in [0.05, 0.1) is 13.2 Å². The summed E-state index contributed by atoms with van der Waals surface area (Å²) in [6.45, 7) is 8.17. The normalized spacial score (nSPS) is 19.6. The molecule has 1 saturated heterocycles. The largest absolute Gasteiger partial charge is 0.396 e. The molecule has 1 fully saturated rings. The molecule has 0 aliphatic carbocycles. The summed E-state index contributed by atoms with van der Waals surface area (Å²) in [5.41, 5.74) is 3.80.